The van der Waals surface area contributed by atoms with Crippen LogP contribution in [0.4, 0.5) is 0 Å². The van der Waals surface area contributed by atoms with Crippen LogP contribution in [0.25, 0.3) is 0 Å². The molecule has 2 heterocycles. The molecule has 114 valence electrons. The molecule has 4 heteroatoms. The topological polar surface area (TPSA) is 32.5 Å². The van der Waals surface area contributed by atoms with Crippen molar-refractivity contribution in [3.05, 3.63) is 21.9 Å². The van der Waals surface area contributed by atoms with Crippen LogP contribution in [0, 0.1) is 6.92 Å². The molecule has 1 aromatic rings. The molecule has 1 aliphatic rings. The van der Waals surface area contributed by atoms with Gasteiger partial charge < -0.3 is 10.6 Å². The number of hydrogen-bond acceptors (Lipinski definition) is 4. The lowest BCUT2D eigenvalue weighted by Crippen LogP contribution is -2.47. The Labute approximate surface area is 127 Å². The van der Waals surface area contributed by atoms with Crippen LogP contribution in [-0.2, 0) is 0 Å². The second-order valence-electron chi connectivity index (χ2n) is 6.08. The van der Waals surface area contributed by atoms with Gasteiger partial charge in [0, 0.05) is 21.8 Å². The van der Waals surface area contributed by atoms with Crippen LogP contribution in [0.1, 0.15) is 42.5 Å². The highest BCUT2D eigenvalue weighted by Gasteiger charge is 2.30. The summed E-state index contributed by atoms with van der Waals surface area (Å²) in [5.41, 5.74) is 6.29. The highest BCUT2D eigenvalue weighted by atomic mass is 32.1. The van der Waals surface area contributed by atoms with Crippen LogP contribution in [-0.4, -0.2) is 48.6 Å². The maximum atomic E-state index is 6.29. The normalized spacial score (nSPS) is 21.3. The Hall–Kier alpha value is -0.420. The van der Waals surface area contributed by atoms with Gasteiger partial charge in [0.15, 0.2) is 0 Å². The van der Waals surface area contributed by atoms with Crippen molar-refractivity contribution < 1.29 is 0 Å². The van der Waals surface area contributed by atoms with E-state index in [-0.39, 0.29) is 6.04 Å². The number of thiophene rings is 1. The summed E-state index contributed by atoms with van der Waals surface area (Å²) in [6, 6.07) is 5.65. The fourth-order valence-electron chi connectivity index (χ4n) is 3.31. The quantitative estimate of drug-likeness (QED) is 0.906. The molecule has 1 saturated heterocycles. The summed E-state index contributed by atoms with van der Waals surface area (Å²) in [6.07, 6.45) is 2.52. The number of likely N-dealkylation sites (N-methyl/N-ethyl adjacent to an activating group) is 1. The van der Waals surface area contributed by atoms with Gasteiger partial charge in [-0.05, 0) is 65.5 Å². The molecule has 0 saturated carbocycles. The van der Waals surface area contributed by atoms with Crippen LogP contribution < -0.4 is 5.73 Å². The molecule has 2 rings (SSSR count). The first kappa shape index (κ1) is 16.0. The predicted molar refractivity (Wildman–Crippen MR) is 88.3 cm³/mol. The molecule has 0 amide bonds. The summed E-state index contributed by atoms with van der Waals surface area (Å²) in [7, 11) is 2.26. The summed E-state index contributed by atoms with van der Waals surface area (Å²) >= 11 is 1.89. The van der Waals surface area contributed by atoms with E-state index in [2.05, 4.69) is 49.8 Å². The predicted octanol–water partition coefficient (Wildman–Crippen LogP) is 2.86. The minimum absolute atomic E-state index is 0.169. The van der Waals surface area contributed by atoms with E-state index in [1.807, 2.05) is 11.3 Å². The lowest BCUT2D eigenvalue weighted by molar-refractivity contribution is 0.0910. The van der Waals surface area contributed by atoms with Crippen LogP contribution in [0.2, 0.25) is 0 Å². The molecule has 2 unspecified atom stereocenters. The lowest BCUT2D eigenvalue weighted by Gasteiger charge is -2.41. The van der Waals surface area contributed by atoms with Gasteiger partial charge in [0.2, 0.25) is 0 Å². The molecule has 1 aliphatic heterocycles. The fraction of sp³-hybridized carbons (Fsp3) is 0.750. The largest absolute Gasteiger partial charge is 0.326 e. The molecule has 3 nitrogen and oxygen atoms in total. The van der Waals surface area contributed by atoms with Crippen molar-refractivity contribution >= 4 is 11.3 Å². The van der Waals surface area contributed by atoms with Crippen molar-refractivity contribution in [2.24, 2.45) is 5.73 Å². The van der Waals surface area contributed by atoms with Gasteiger partial charge in [0.25, 0.3) is 0 Å². The lowest BCUT2D eigenvalue weighted by atomic mass is 9.99. The average Bonchev–Trinajstić information content (AvgIpc) is 2.85. The second kappa shape index (κ2) is 7.03. The SMILES string of the molecule is CCN1CCC(N(C)C(c2ccc(C)s2)C(C)N)CC1. The van der Waals surface area contributed by atoms with Crippen molar-refractivity contribution in [2.45, 2.75) is 51.7 Å². The first-order chi connectivity index (χ1) is 9.52. The van der Waals surface area contributed by atoms with Gasteiger partial charge in [-0.25, -0.2) is 0 Å². The summed E-state index contributed by atoms with van der Waals surface area (Å²) in [5, 5.41) is 0. The Morgan fingerprint density at radius 3 is 2.50 bits per heavy atom. The number of nitrogens with two attached hydrogens (primary N) is 1. The Morgan fingerprint density at radius 1 is 1.40 bits per heavy atom. The summed E-state index contributed by atoms with van der Waals surface area (Å²) < 4.78 is 0. The number of likely N-dealkylation sites (tertiary alicyclic amines) is 1. The Balaban J connectivity index is 2.06. The van der Waals surface area contributed by atoms with E-state index in [1.54, 1.807) is 0 Å². The Kier molecular flexibility index (Phi) is 5.61. The first-order valence-corrected chi connectivity index (χ1v) is 8.60. The van der Waals surface area contributed by atoms with Crippen molar-refractivity contribution in [3.8, 4) is 0 Å². The van der Waals surface area contributed by atoms with E-state index in [0.717, 1.165) is 0 Å². The van der Waals surface area contributed by atoms with E-state index in [9.17, 15) is 0 Å². The smallest absolute Gasteiger partial charge is 0.0590 e. The molecule has 0 aromatic carbocycles. The fourth-order valence-corrected chi connectivity index (χ4v) is 4.46. The minimum Gasteiger partial charge on any atom is -0.326 e. The maximum Gasteiger partial charge on any atom is 0.0590 e. The van der Waals surface area contributed by atoms with Gasteiger partial charge in [-0.1, -0.05) is 6.92 Å². The van der Waals surface area contributed by atoms with Crippen LogP contribution in [0.3, 0.4) is 0 Å². The number of rotatable bonds is 5. The molecule has 2 N–H and O–H groups in total. The summed E-state index contributed by atoms with van der Waals surface area (Å²) in [6.45, 7) is 10.2. The molecule has 0 aliphatic carbocycles. The third-order valence-electron chi connectivity index (χ3n) is 4.57. The molecular formula is C16H29N3S. The summed E-state index contributed by atoms with van der Waals surface area (Å²) in [4.78, 5) is 7.86. The Bertz CT molecular complexity index is 408. The standard InChI is InChI=1S/C16H29N3S/c1-5-19-10-8-14(9-11-19)18(4)16(13(3)17)15-7-6-12(2)20-15/h6-7,13-14,16H,5,8-11,17H2,1-4H3. The van der Waals surface area contributed by atoms with Crippen molar-refractivity contribution in [3.63, 3.8) is 0 Å². The van der Waals surface area contributed by atoms with E-state index < -0.39 is 0 Å². The zero-order valence-electron chi connectivity index (χ0n) is 13.3. The van der Waals surface area contributed by atoms with Crippen molar-refractivity contribution in [1.29, 1.82) is 0 Å². The van der Waals surface area contributed by atoms with Gasteiger partial charge in [0.05, 0.1) is 6.04 Å². The van der Waals surface area contributed by atoms with Crippen LogP contribution in [0.5, 0.6) is 0 Å². The van der Waals surface area contributed by atoms with Gasteiger partial charge in [-0.3, -0.25) is 4.90 Å². The van der Waals surface area contributed by atoms with E-state index in [1.165, 1.54) is 42.2 Å². The molecule has 20 heavy (non-hydrogen) atoms. The third kappa shape index (κ3) is 3.61. The van der Waals surface area contributed by atoms with E-state index in [4.69, 9.17) is 5.73 Å². The van der Waals surface area contributed by atoms with Gasteiger partial charge in [-0.15, -0.1) is 11.3 Å². The molecule has 1 fully saturated rings. The van der Waals surface area contributed by atoms with Gasteiger partial charge in [0.1, 0.15) is 0 Å². The molecular weight excluding hydrogens is 266 g/mol. The zero-order valence-corrected chi connectivity index (χ0v) is 14.1. The number of piperidine rings is 1. The number of nitrogens with zero attached hydrogens (tertiary/aromatic N) is 2. The molecule has 0 radical (unpaired) electrons. The monoisotopic (exact) mass is 295 g/mol. The van der Waals surface area contributed by atoms with E-state index >= 15 is 0 Å². The first-order valence-electron chi connectivity index (χ1n) is 7.79. The van der Waals surface area contributed by atoms with Crippen molar-refractivity contribution in [2.75, 3.05) is 26.7 Å². The average molecular weight is 295 g/mol. The van der Waals surface area contributed by atoms with E-state index in [0.29, 0.717) is 12.1 Å². The minimum atomic E-state index is 0.169. The third-order valence-corrected chi connectivity index (χ3v) is 5.64. The van der Waals surface area contributed by atoms with Crippen molar-refractivity contribution in [1.82, 2.24) is 9.80 Å². The summed E-state index contributed by atoms with van der Waals surface area (Å²) in [5.74, 6) is 0. The molecule has 0 bridgehead atoms. The van der Waals surface area contributed by atoms with Gasteiger partial charge >= 0.3 is 0 Å². The molecule has 0 spiro atoms. The van der Waals surface area contributed by atoms with Gasteiger partial charge in [-0.2, -0.15) is 0 Å². The highest BCUT2D eigenvalue weighted by Crippen LogP contribution is 2.32. The molecule has 2 atom stereocenters. The number of hydrogen-bond donors (Lipinski definition) is 1. The molecule has 1 aromatic heterocycles. The zero-order chi connectivity index (χ0) is 14.7. The van der Waals surface area contributed by atoms with Crippen LogP contribution >= 0.6 is 11.3 Å². The Morgan fingerprint density at radius 2 is 2.05 bits per heavy atom. The maximum absolute atomic E-state index is 6.29. The second-order valence-corrected chi connectivity index (χ2v) is 7.40. The van der Waals surface area contributed by atoms with Crippen LogP contribution in [0.15, 0.2) is 12.1 Å². The number of aryl methyl sites for hydroxylation is 1. The highest BCUT2D eigenvalue weighted by molar-refractivity contribution is 7.12.